The highest BCUT2D eigenvalue weighted by molar-refractivity contribution is 6.12. The minimum Gasteiger partial charge on any atom is -0.289 e. The highest BCUT2D eigenvalue weighted by Crippen LogP contribution is 2.39. The van der Waals surface area contributed by atoms with Crippen molar-refractivity contribution in [3.63, 3.8) is 0 Å². The molecule has 132 valence electrons. The number of carbonyl (C=O) groups excluding carboxylic acids is 1. The van der Waals surface area contributed by atoms with Gasteiger partial charge in [-0.05, 0) is 40.2 Å². The van der Waals surface area contributed by atoms with E-state index in [1.165, 1.54) is 6.07 Å². The van der Waals surface area contributed by atoms with Gasteiger partial charge in [0.2, 0.25) is 0 Å². The van der Waals surface area contributed by atoms with Gasteiger partial charge in [0, 0.05) is 23.3 Å². The Morgan fingerprint density at radius 3 is 1.92 bits per heavy atom. The lowest BCUT2D eigenvalue weighted by molar-refractivity contribution is -0.384. The van der Waals surface area contributed by atoms with Crippen LogP contribution in [-0.4, -0.2) is 10.7 Å². The van der Waals surface area contributed by atoms with Crippen LogP contribution in [0.2, 0.25) is 0 Å². The first-order chi connectivity index (χ1) is 11.4. The van der Waals surface area contributed by atoms with Crippen molar-refractivity contribution in [2.75, 3.05) is 0 Å². The minimum absolute atomic E-state index is 0.0567. The van der Waals surface area contributed by atoms with Gasteiger partial charge in [-0.1, -0.05) is 53.7 Å². The molecule has 1 aliphatic carbocycles. The summed E-state index contributed by atoms with van der Waals surface area (Å²) in [6.07, 6.45) is 5.68. The number of benzene rings is 1. The summed E-state index contributed by atoms with van der Waals surface area (Å²) in [6.45, 7) is 12.1. The lowest BCUT2D eigenvalue weighted by Gasteiger charge is -2.31. The molecule has 0 saturated heterocycles. The normalized spacial score (nSPS) is 15.6. The number of rotatable bonds is 2. The molecular formula is C21H25NO3. The standard InChI is InChI=1S/C21H25NO3/c1-20(2,3)17-12-15(13-18(19(17)23)21(4,5)6)10-14-8-7-9-16(11-14)22(24)25/h7-13H,1-6H3. The molecule has 0 N–H and O–H groups in total. The molecule has 25 heavy (non-hydrogen) atoms. The van der Waals surface area contributed by atoms with Gasteiger partial charge in [-0.3, -0.25) is 14.9 Å². The second kappa shape index (κ2) is 6.43. The molecule has 1 aromatic carbocycles. The molecule has 0 aliphatic heterocycles. The van der Waals surface area contributed by atoms with Crippen LogP contribution in [0, 0.1) is 20.9 Å². The van der Waals surface area contributed by atoms with Gasteiger partial charge in [-0.15, -0.1) is 0 Å². The summed E-state index contributed by atoms with van der Waals surface area (Å²) in [4.78, 5) is 23.5. The van der Waals surface area contributed by atoms with Gasteiger partial charge in [-0.2, -0.15) is 0 Å². The van der Waals surface area contributed by atoms with Crippen LogP contribution >= 0.6 is 0 Å². The van der Waals surface area contributed by atoms with Crippen LogP contribution in [0.5, 0.6) is 0 Å². The first-order valence-electron chi connectivity index (χ1n) is 8.35. The van der Waals surface area contributed by atoms with E-state index in [4.69, 9.17) is 0 Å². The van der Waals surface area contributed by atoms with E-state index in [9.17, 15) is 14.9 Å². The molecule has 2 rings (SSSR count). The first-order valence-corrected chi connectivity index (χ1v) is 8.35. The summed E-state index contributed by atoms with van der Waals surface area (Å²) in [6, 6.07) is 6.50. The predicted molar refractivity (Wildman–Crippen MR) is 101 cm³/mol. The molecule has 0 bridgehead atoms. The number of ketones is 1. The van der Waals surface area contributed by atoms with Gasteiger partial charge in [0.1, 0.15) is 0 Å². The van der Waals surface area contributed by atoms with Gasteiger partial charge in [0.25, 0.3) is 5.69 Å². The summed E-state index contributed by atoms with van der Waals surface area (Å²) in [5, 5.41) is 11.0. The lowest BCUT2D eigenvalue weighted by atomic mass is 9.72. The maximum absolute atomic E-state index is 12.9. The van der Waals surface area contributed by atoms with Crippen LogP contribution in [0.15, 0.2) is 53.1 Å². The van der Waals surface area contributed by atoms with Crippen molar-refractivity contribution >= 4 is 17.5 Å². The van der Waals surface area contributed by atoms with E-state index in [1.807, 2.05) is 65.8 Å². The topological polar surface area (TPSA) is 60.2 Å². The number of nitro groups is 1. The highest BCUT2D eigenvalue weighted by Gasteiger charge is 2.33. The van der Waals surface area contributed by atoms with E-state index in [-0.39, 0.29) is 22.3 Å². The molecular weight excluding hydrogens is 314 g/mol. The number of carbonyl (C=O) groups is 1. The largest absolute Gasteiger partial charge is 0.289 e. The Labute approximate surface area is 149 Å². The first kappa shape index (κ1) is 18.8. The third-order valence-corrected chi connectivity index (χ3v) is 4.14. The van der Waals surface area contributed by atoms with Crippen molar-refractivity contribution in [3.8, 4) is 0 Å². The molecule has 4 heteroatoms. The summed E-state index contributed by atoms with van der Waals surface area (Å²) >= 11 is 0. The molecule has 0 spiro atoms. The molecule has 0 atom stereocenters. The molecule has 0 radical (unpaired) electrons. The van der Waals surface area contributed by atoms with Crippen LogP contribution in [0.3, 0.4) is 0 Å². The van der Waals surface area contributed by atoms with Gasteiger partial charge in [-0.25, -0.2) is 0 Å². The van der Waals surface area contributed by atoms with E-state index < -0.39 is 4.92 Å². The quantitative estimate of drug-likeness (QED) is 0.527. The third-order valence-electron chi connectivity index (χ3n) is 4.14. The zero-order chi connectivity index (χ0) is 19.0. The number of Topliss-reactive ketones (excluding diaryl/α,β-unsaturated/α-hetero) is 1. The van der Waals surface area contributed by atoms with Crippen LogP contribution in [0.4, 0.5) is 5.69 Å². The summed E-state index contributed by atoms with van der Waals surface area (Å²) in [5.41, 5.74) is 2.66. The van der Waals surface area contributed by atoms with Crippen LogP contribution in [0.1, 0.15) is 47.1 Å². The van der Waals surface area contributed by atoms with Crippen LogP contribution in [0.25, 0.3) is 6.08 Å². The molecule has 1 aromatic rings. The molecule has 0 amide bonds. The maximum atomic E-state index is 12.9. The van der Waals surface area contributed by atoms with E-state index in [0.717, 1.165) is 22.3 Å². The second-order valence-electron chi connectivity index (χ2n) is 8.44. The monoisotopic (exact) mass is 339 g/mol. The maximum Gasteiger partial charge on any atom is 0.270 e. The lowest BCUT2D eigenvalue weighted by Crippen LogP contribution is -2.27. The van der Waals surface area contributed by atoms with E-state index in [0.29, 0.717) is 0 Å². The number of allylic oxidation sites excluding steroid dienone is 5. The zero-order valence-electron chi connectivity index (χ0n) is 15.7. The number of hydrogen-bond acceptors (Lipinski definition) is 3. The Morgan fingerprint density at radius 1 is 0.960 bits per heavy atom. The number of nitro benzene ring substituents is 1. The van der Waals surface area contributed by atoms with Gasteiger partial charge in [0.15, 0.2) is 5.78 Å². The Bertz CT molecular complexity index is 776. The third kappa shape index (κ3) is 4.32. The number of nitrogens with zero attached hydrogens (tertiary/aromatic N) is 1. The minimum atomic E-state index is -0.404. The Morgan fingerprint density at radius 2 is 1.48 bits per heavy atom. The smallest absolute Gasteiger partial charge is 0.270 e. The van der Waals surface area contributed by atoms with Crippen molar-refractivity contribution < 1.29 is 9.72 Å². The van der Waals surface area contributed by atoms with Crippen LogP contribution < -0.4 is 0 Å². The summed E-state index contributed by atoms with van der Waals surface area (Å²) < 4.78 is 0. The molecule has 0 fully saturated rings. The number of non-ortho nitro benzene ring substituents is 1. The van der Waals surface area contributed by atoms with E-state index in [2.05, 4.69) is 0 Å². The van der Waals surface area contributed by atoms with Crippen molar-refractivity contribution in [2.45, 2.75) is 41.5 Å². The van der Waals surface area contributed by atoms with Gasteiger partial charge < -0.3 is 0 Å². The summed E-state index contributed by atoms with van der Waals surface area (Å²) in [5.74, 6) is 0.0798. The van der Waals surface area contributed by atoms with Crippen molar-refractivity contribution in [2.24, 2.45) is 10.8 Å². The molecule has 4 nitrogen and oxygen atoms in total. The fraction of sp³-hybridized carbons (Fsp3) is 0.381. The van der Waals surface area contributed by atoms with Crippen molar-refractivity contribution in [3.05, 3.63) is 68.8 Å². The Kier molecular flexibility index (Phi) is 4.85. The SMILES string of the molecule is CC(C)(C)C1=CC(=Cc2cccc([N+](=O)[O-])c2)C=C(C(C)(C)C)C1=O. The van der Waals surface area contributed by atoms with E-state index in [1.54, 1.807) is 12.1 Å². The molecule has 0 aromatic heterocycles. The molecule has 0 heterocycles. The molecule has 0 unspecified atom stereocenters. The van der Waals surface area contributed by atoms with Gasteiger partial charge in [0.05, 0.1) is 4.92 Å². The number of hydrogen-bond donors (Lipinski definition) is 0. The highest BCUT2D eigenvalue weighted by atomic mass is 16.6. The average Bonchev–Trinajstić information content (AvgIpc) is 2.46. The Balaban J connectivity index is 2.59. The molecule has 1 aliphatic rings. The fourth-order valence-electron chi connectivity index (χ4n) is 2.77. The van der Waals surface area contributed by atoms with E-state index >= 15 is 0 Å². The van der Waals surface area contributed by atoms with Gasteiger partial charge >= 0.3 is 0 Å². The second-order valence-corrected chi connectivity index (χ2v) is 8.44. The van der Waals surface area contributed by atoms with Crippen LogP contribution in [-0.2, 0) is 4.79 Å². The average molecular weight is 339 g/mol. The summed E-state index contributed by atoms with van der Waals surface area (Å²) in [7, 11) is 0. The predicted octanol–water partition coefficient (Wildman–Crippen LogP) is 5.51. The zero-order valence-corrected chi connectivity index (χ0v) is 15.7. The van der Waals surface area contributed by atoms with Crippen molar-refractivity contribution in [1.29, 1.82) is 0 Å². The Hall–Kier alpha value is -2.49. The molecule has 0 saturated carbocycles. The van der Waals surface area contributed by atoms with Crippen molar-refractivity contribution in [1.82, 2.24) is 0 Å². The fourth-order valence-corrected chi connectivity index (χ4v) is 2.77.